The Labute approximate surface area is 155 Å². The number of benzene rings is 2. The summed E-state index contributed by atoms with van der Waals surface area (Å²) in [5.41, 5.74) is 2.80. The Bertz CT molecular complexity index is 969. The van der Waals surface area contributed by atoms with Crippen LogP contribution in [0.1, 0.15) is 18.4 Å². The van der Waals surface area contributed by atoms with Crippen molar-refractivity contribution in [2.75, 3.05) is 18.1 Å². The van der Waals surface area contributed by atoms with Crippen LogP contribution >= 0.6 is 0 Å². The van der Waals surface area contributed by atoms with Gasteiger partial charge in [0.1, 0.15) is 11.6 Å². The first-order valence-electron chi connectivity index (χ1n) is 8.78. The van der Waals surface area contributed by atoms with Gasteiger partial charge in [-0.2, -0.15) is 4.98 Å². The summed E-state index contributed by atoms with van der Waals surface area (Å²) in [5, 5.41) is 3.99. The molecule has 0 saturated heterocycles. The van der Waals surface area contributed by atoms with Gasteiger partial charge in [0.2, 0.25) is 11.7 Å². The highest BCUT2D eigenvalue weighted by atomic mass is 19.1. The van der Waals surface area contributed by atoms with E-state index in [-0.39, 0.29) is 18.3 Å². The zero-order valence-corrected chi connectivity index (χ0v) is 14.8. The Morgan fingerprint density at radius 2 is 2.07 bits per heavy atom. The van der Waals surface area contributed by atoms with E-state index in [0.717, 1.165) is 23.2 Å². The van der Waals surface area contributed by atoms with E-state index in [0.29, 0.717) is 30.4 Å². The molecular weight excluding hydrogens is 349 g/mol. The largest absolute Gasteiger partial charge is 0.484 e. The van der Waals surface area contributed by atoms with E-state index in [1.54, 1.807) is 4.90 Å². The third-order valence-electron chi connectivity index (χ3n) is 4.48. The van der Waals surface area contributed by atoms with Gasteiger partial charge in [-0.15, -0.1) is 0 Å². The number of fused-ring (bicyclic) bond motifs is 1. The molecule has 0 radical (unpaired) electrons. The summed E-state index contributed by atoms with van der Waals surface area (Å²) < 4.78 is 23.6. The molecule has 0 bridgehead atoms. The summed E-state index contributed by atoms with van der Waals surface area (Å²) in [6, 6.07) is 11.4. The molecule has 138 valence electrons. The molecule has 6 nitrogen and oxygen atoms in total. The first kappa shape index (κ1) is 17.2. The average molecular weight is 367 g/mol. The smallest absolute Gasteiger partial charge is 0.264 e. The van der Waals surface area contributed by atoms with E-state index in [2.05, 4.69) is 10.1 Å². The highest BCUT2D eigenvalue weighted by molar-refractivity contribution is 5.96. The quantitative estimate of drug-likeness (QED) is 0.691. The molecule has 1 amide bonds. The lowest BCUT2D eigenvalue weighted by molar-refractivity contribution is -0.120. The third kappa shape index (κ3) is 3.53. The van der Waals surface area contributed by atoms with Gasteiger partial charge in [0.25, 0.3) is 5.91 Å². The van der Waals surface area contributed by atoms with E-state index in [4.69, 9.17) is 9.26 Å². The number of carbonyl (C=O) groups excluding carboxylic acids is 1. The summed E-state index contributed by atoms with van der Waals surface area (Å²) in [6.07, 6.45) is 1.44. The average Bonchev–Trinajstić information content (AvgIpc) is 3.33. The van der Waals surface area contributed by atoms with E-state index < -0.39 is 0 Å². The molecule has 0 spiro atoms. The van der Waals surface area contributed by atoms with Gasteiger partial charge in [-0.05, 0) is 54.4 Å². The van der Waals surface area contributed by atoms with Gasteiger partial charge in [0.05, 0.1) is 0 Å². The van der Waals surface area contributed by atoms with Crippen LogP contribution in [0.2, 0.25) is 0 Å². The fourth-order valence-electron chi connectivity index (χ4n) is 3.07. The maximum Gasteiger partial charge on any atom is 0.264 e. The van der Waals surface area contributed by atoms with Crippen LogP contribution in [-0.2, 0) is 17.6 Å². The number of aromatic nitrogens is 2. The van der Waals surface area contributed by atoms with Crippen LogP contribution in [0.15, 0.2) is 47.0 Å². The number of anilines is 1. The molecule has 1 aliphatic heterocycles. The minimum Gasteiger partial charge on any atom is -0.484 e. The molecular formula is C20H18FN3O3. The van der Waals surface area contributed by atoms with Crippen LogP contribution in [0.5, 0.6) is 5.75 Å². The molecule has 0 atom stereocenters. The van der Waals surface area contributed by atoms with Gasteiger partial charge in [-0.25, -0.2) is 4.39 Å². The molecule has 2 aromatic carbocycles. The zero-order chi connectivity index (χ0) is 18.8. The molecule has 3 aromatic rings. The van der Waals surface area contributed by atoms with Crippen molar-refractivity contribution in [3.63, 3.8) is 0 Å². The Hall–Kier alpha value is -3.22. The van der Waals surface area contributed by atoms with Crippen LogP contribution in [0, 0.1) is 5.82 Å². The summed E-state index contributed by atoms with van der Waals surface area (Å²) in [5.74, 6) is 1.13. The van der Waals surface area contributed by atoms with Crippen LogP contribution in [0.25, 0.3) is 11.4 Å². The summed E-state index contributed by atoms with van der Waals surface area (Å²) in [6.45, 7) is 2.45. The highest BCUT2D eigenvalue weighted by Crippen LogP contribution is 2.31. The van der Waals surface area contributed by atoms with Crippen molar-refractivity contribution < 1.29 is 18.4 Å². The maximum atomic E-state index is 12.9. The van der Waals surface area contributed by atoms with Crippen molar-refractivity contribution >= 4 is 11.6 Å². The SMILES string of the molecule is CCc1nc(-c2ccc3c(c2)CCN3C(=O)COc2ccc(F)cc2)no1. The van der Waals surface area contributed by atoms with Gasteiger partial charge in [0.15, 0.2) is 6.61 Å². The fraction of sp³-hybridized carbons (Fsp3) is 0.250. The molecule has 7 heteroatoms. The van der Waals surface area contributed by atoms with E-state index in [1.165, 1.54) is 24.3 Å². The molecule has 2 heterocycles. The number of halogens is 1. The number of nitrogens with zero attached hydrogens (tertiary/aromatic N) is 3. The number of hydrogen-bond acceptors (Lipinski definition) is 5. The Morgan fingerprint density at radius 1 is 1.26 bits per heavy atom. The monoisotopic (exact) mass is 367 g/mol. The Morgan fingerprint density at radius 3 is 2.81 bits per heavy atom. The number of hydrogen-bond donors (Lipinski definition) is 0. The lowest BCUT2D eigenvalue weighted by atomic mass is 10.1. The molecule has 1 aliphatic rings. The molecule has 0 saturated carbocycles. The van der Waals surface area contributed by atoms with Crippen molar-refractivity contribution in [2.45, 2.75) is 19.8 Å². The van der Waals surface area contributed by atoms with Gasteiger partial charge in [-0.3, -0.25) is 4.79 Å². The van der Waals surface area contributed by atoms with Crippen molar-refractivity contribution in [2.24, 2.45) is 0 Å². The zero-order valence-electron chi connectivity index (χ0n) is 14.8. The number of carbonyl (C=O) groups is 1. The van der Waals surface area contributed by atoms with Gasteiger partial charge in [-0.1, -0.05) is 12.1 Å². The standard InChI is InChI=1S/C20H18FN3O3/c1-2-18-22-20(23-27-18)14-3-8-17-13(11-14)9-10-24(17)19(25)12-26-16-6-4-15(21)5-7-16/h3-8,11H,2,9-10,12H2,1H3. The summed E-state index contributed by atoms with van der Waals surface area (Å²) >= 11 is 0. The fourth-order valence-corrected chi connectivity index (χ4v) is 3.07. The first-order chi connectivity index (χ1) is 13.1. The molecule has 0 aliphatic carbocycles. The van der Waals surface area contributed by atoms with Crippen molar-refractivity contribution in [3.05, 3.63) is 59.7 Å². The predicted octanol–water partition coefficient (Wildman–Crippen LogP) is 3.41. The normalized spacial score (nSPS) is 12.9. The van der Waals surface area contributed by atoms with E-state index >= 15 is 0 Å². The van der Waals surface area contributed by atoms with Crippen LogP contribution in [0.3, 0.4) is 0 Å². The number of amides is 1. The Balaban J connectivity index is 1.46. The van der Waals surface area contributed by atoms with Gasteiger partial charge < -0.3 is 14.2 Å². The van der Waals surface area contributed by atoms with E-state index in [9.17, 15) is 9.18 Å². The molecule has 0 fully saturated rings. The van der Waals surface area contributed by atoms with E-state index in [1.807, 2.05) is 25.1 Å². The minimum absolute atomic E-state index is 0.0997. The summed E-state index contributed by atoms with van der Waals surface area (Å²) in [7, 11) is 0. The first-order valence-corrected chi connectivity index (χ1v) is 8.78. The lowest BCUT2D eigenvalue weighted by Crippen LogP contribution is -2.33. The van der Waals surface area contributed by atoms with Crippen LogP contribution in [-0.4, -0.2) is 29.2 Å². The van der Waals surface area contributed by atoms with Crippen LogP contribution in [0.4, 0.5) is 10.1 Å². The Kier molecular flexibility index (Phi) is 4.58. The molecule has 0 N–H and O–H groups in total. The highest BCUT2D eigenvalue weighted by Gasteiger charge is 2.25. The second-order valence-corrected chi connectivity index (χ2v) is 6.25. The molecule has 27 heavy (non-hydrogen) atoms. The maximum absolute atomic E-state index is 12.9. The van der Waals surface area contributed by atoms with Crippen molar-refractivity contribution in [1.29, 1.82) is 0 Å². The number of rotatable bonds is 5. The van der Waals surface area contributed by atoms with Crippen molar-refractivity contribution in [1.82, 2.24) is 10.1 Å². The second-order valence-electron chi connectivity index (χ2n) is 6.25. The van der Waals surface area contributed by atoms with Crippen molar-refractivity contribution in [3.8, 4) is 17.1 Å². The van der Waals surface area contributed by atoms with Gasteiger partial charge in [0, 0.05) is 24.2 Å². The minimum atomic E-state index is -0.342. The number of aryl methyl sites for hydroxylation is 1. The second kappa shape index (κ2) is 7.19. The topological polar surface area (TPSA) is 68.5 Å². The molecule has 4 rings (SSSR count). The lowest BCUT2D eigenvalue weighted by Gasteiger charge is -2.17. The third-order valence-corrected chi connectivity index (χ3v) is 4.48. The van der Waals surface area contributed by atoms with Gasteiger partial charge >= 0.3 is 0 Å². The summed E-state index contributed by atoms with van der Waals surface area (Å²) in [4.78, 5) is 18.6. The molecule has 1 aromatic heterocycles. The molecule has 0 unspecified atom stereocenters. The number of ether oxygens (including phenoxy) is 1. The van der Waals surface area contributed by atoms with Crippen LogP contribution < -0.4 is 9.64 Å². The predicted molar refractivity (Wildman–Crippen MR) is 97.1 cm³/mol.